The molecule has 1 atom stereocenters. The molecule has 0 saturated carbocycles. The summed E-state index contributed by atoms with van der Waals surface area (Å²) >= 11 is 7.56. The van der Waals surface area contributed by atoms with Gasteiger partial charge in [0.05, 0.1) is 10.3 Å². The van der Waals surface area contributed by atoms with E-state index in [4.69, 9.17) is 17.3 Å². The highest BCUT2D eigenvalue weighted by Gasteiger charge is 2.24. The lowest BCUT2D eigenvalue weighted by atomic mass is 10.3. The molecule has 1 aromatic rings. The molecule has 0 spiro atoms. The fourth-order valence-electron chi connectivity index (χ4n) is 2.02. The topological polar surface area (TPSA) is 58.4 Å². The number of benzene rings is 1. The van der Waals surface area contributed by atoms with Crippen molar-refractivity contribution in [2.75, 3.05) is 31.9 Å². The Labute approximate surface area is 122 Å². The molecule has 1 aliphatic heterocycles. The van der Waals surface area contributed by atoms with Gasteiger partial charge in [-0.25, -0.2) is 0 Å². The molecule has 0 aromatic heterocycles. The standard InChI is InChI=1S/C13H18ClN3OS/c1-9(13(18)17-7-5-16-6-8-17)19-12-10(14)3-2-4-11(12)15/h2-4,9,16H,5-8,15H2,1H3. The summed E-state index contributed by atoms with van der Waals surface area (Å²) in [5.41, 5.74) is 6.53. The number of nitrogens with one attached hydrogen (secondary N) is 1. The summed E-state index contributed by atoms with van der Waals surface area (Å²) in [6.07, 6.45) is 0. The molecule has 1 amide bonds. The Morgan fingerprint density at radius 3 is 2.79 bits per heavy atom. The molecule has 4 nitrogen and oxygen atoms in total. The fraction of sp³-hybridized carbons (Fsp3) is 0.462. The summed E-state index contributed by atoms with van der Waals surface area (Å²) in [4.78, 5) is 15.0. The summed E-state index contributed by atoms with van der Waals surface area (Å²) in [6.45, 7) is 5.15. The van der Waals surface area contributed by atoms with Crippen molar-refractivity contribution in [2.45, 2.75) is 17.1 Å². The van der Waals surface area contributed by atoms with Crippen LogP contribution in [0.15, 0.2) is 23.1 Å². The van der Waals surface area contributed by atoms with Crippen LogP contribution in [-0.2, 0) is 4.79 Å². The molecule has 0 bridgehead atoms. The van der Waals surface area contributed by atoms with Crippen molar-refractivity contribution in [3.05, 3.63) is 23.2 Å². The lowest BCUT2D eigenvalue weighted by Crippen LogP contribution is -2.48. The molecular formula is C13H18ClN3OS. The maximum Gasteiger partial charge on any atom is 0.235 e. The lowest BCUT2D eigenvalue weighted by molar-refractivity contribution is -0.130. The van der Waals surface area contributed by atoms with Crippen molar-refractivity contribution in [1.29, 1.82) is 0 Å². The van der Waals surface area contributed by atoms with E-state index in [0.29, 0.717) is 10.7 Å². The van der Waals surface area contributed by atoms with Gasteiger partial charge in [-0.1, -0.05) is 17.7 Å². The molecule has 0 aliphatic carbocycles. The van der Waals surface area contributed by atoms with E-state index in [1.807, 2.05) is 17.9 Å². The molecule has 3 N–H and O–H groups in total. The quantitative estimate of drug-likeness (QED) is 0.660. The molecule has 6 heteroatoms. The Morgan fingerprint density at radius 2 is 2.16 bits per heavy atom. The van der Waals surface area contributed by atoms with E-state index < -0.39 is 0 Å². The van der Waals surface area contributed by atoms with E-state index in [1.54, 1.807) is 12.1 Å². The number of halogens is 1. The molecule has 1 saturated heterocycles. The number of thioether (sulfide) groups is 1. The molecule has 19 heavy (non-hydrogen) atoms. The van der Waals surface area contributed by atoms with Crippen LogP contribution in [0.5, 0.6) is 0 Å². The number of carbonyl (C=O) groups is 1. The molecule has 1 unspecified atom stereocenters. The second-order valence-corrected chi connectivity index (χ2v) is 6.25. The smallest absolute Gasteiger partial charge is 0.235 e. The first-order chi connectivity index (χ1) is 9.09. The van der Waals surface area contributed by atoms with Gasteiger partial charge in [0.15, 0.2) is 0 Å². The van der Waals surface area contributed by atoms with Gasteiger partial charge < -0.3 is 16.0 Å². The van der Waals surface area contributed by atoms with E-state index in [0.717, 1.165) is 31.1 Å². The van der Waals surface area contributed by atoms with Gasteiger partial charge in [0.25, 0.3) is 0 Å². The van der Waals surface area contributed by atoms with E-state index in [9.17, 15) is 4.79 Å². The van der Waals surface area contributed by atoms with Gasteiger partial charge >= 0.3 is 0 Å². The van der Waals surface area contributed by atoms with E-state index in [-0.39, 0.29) is 11.2 Å². The zero-order valence-electron chi connectivity index (χ0n) is 10.9. The van der Waals surface area contributed by atoms with Crippen LogP contribution in [0.2, 0.25) is 5.02 Å². The Morgan fingerprint density at radius 1 is 1.47 bits per heavy atom. The number of nitrogens with two attached hydrogens (primary N) is 1. The highest BCUT2D eigenvalue weighted by molar-refractivity contribution is 8.00. The number of piperazine rings is 1. The largest absolute Gasteiger partial charge is 0.398 e. The summed E-state index contributed by atoms with van der Waals surface area (Å²) in [5.74, 6) is 0.144. The van der Waals surface area contributed by atoms with Crippen LogP contribution in [0.4, 0.5) is 5.69 Å². The van der Waals surface area contributed by atoms with E-state index in [1.165, 1.54) is 11.8 Å². The number of carbonyl (C=O) groups excluding carboxylic acids is 1. The average molecular weight is 300 g/mol. The van der Waals surface area contributed by atoms with Crippen molar-refractivity contribution in [3.63, 3.8) is 0 Å². The highest BCUT2D eigenvalue weighted by Crippen LogP contribution is 2.35. The third-order valence-electron chi connectivity index (χ3n) is 3.07. The van der Waals surface area contributed by atoms with Gasteiger partial charge in [-0.2, -0.15) is 0 Å². The SMILES string of the molecule is CC(Sc1c(N)cccc1Cl)C(=O)N1CCNCC1. The summed E-state index contributed by atoms with van der Waals surface area (Å²) < 4.78 is 0. The first-order valence-corrected chi connectivity index (χ1v) is 7.55. The average Bonchev–Trinajstić information content (AvgIpc) is 2.43. The summed E-state index contributed by atoms with van der Waals surface area (Å²) in [5, 5.41) is 3.66. The number of nitrogens with zero attached hydrogens (tertiary/aromatic N) is 1. The lowest BCUT2D eigenvalue weighted by Gasteiger charge is -2.29. The van der Waals surface area contributed by atoms with Crippen molar-refractivity contribution in [3.8, 4) is 0 Å². The monoisotopic (exact) mass is 299 g/mol. The normalized spacial score (nSPS) is 17.3. The van der Waals surface area contributed by atoms with Gasteiger partial charge in [-0.3, -0.25) is 4.79 Å². The molecule has 0 radical (unpaired) electrons. The molecule has 2 rings (SSSR count). The zero-order valence-corrected chi connectivity index (χ0v) is 12.4. The Bertz CT molecular complexity index is 443. The molecule has 104 valence electrons. The van der Waals surface area contributed by atoms with Crippen LogP contribution < -0.4 is 11.1 Å². The first kappa shape index (κ1) is 14.5. The number of anilines is 1. The number of hydrogen-bond donors (Lipinski definition) is 2. The number of nitrogen functional groups attached to an aromatic ring is 1. The van der Waals surface area contributed by atoms with Crippen LogP contribution >= 0.6 is 23.4 Å². The fourth-order valence-corrected chi connectivity index (χ4v) is 3.32. The van der Waals surface area contributed by atoms with Crippen molar-refractivity contribution < 1.29 is 4.79 Å². The van der Waals surface area contributed by atoms with Crippen LogP contribution in [-0.4, -0.2) is 42.2 Å². The van der Waals surface area contributed by atoms with Gasteiger partial charge in [0.1, 0.15) is 0 Å². The summed E-state index contributed by atoms with van der Waals surface area (Å²) in [6, 6.07) is 5.41. The molecular weight excluding hydrogens is 282 g/mol. The molecule has 1 fully saturated rings. The Hall–Kier alpha value is -0.910. The second kappa shape index (κ2) is 6.50. The number of amides is 1. The van der Waals surface area contributed by atoms with Gasteiger partial charge in [0.2, 0.25) is 5.91 Å². The Balaban J connectivity index is 2.03. The maximum absolute atomic E-state index is 12.3. The minimum atomic E-state index is -0.180. The van der Waals surface area contributed by atoms with Crippen molar-refractivity contribution >= 4 is 35.0 Å². The van der Waals surface area contributed by atoms with Crippen LogP contribution in [0.1, 0.15) is 6.92 Å². The van der Waals surface area contributed by atoms with E-state index in [2.05, 4.69) is 5.32 Å². The van der Waals surface area contributed by atoms with Gasteiger partial charge in [-0.15, -0.1) is 11.8 Å². The van der Waals surface area contributed by atoms with Crippen LogP contribution in [0, 0.1) is 0 Å². The van der Waals surface area contributed by atoms with Gasteiger partial charge in [0, 0.05) is 36.8 Å². The van der Waals surface area contributed by atoms with Crippen LogP contribution in [0.3, 0.4) is 0 Å². The molecule has 1 aromatic carbocycles. The number of hydrogen-bond acceptors (Lipinski definition) is 4. The number of rotatable bonds is 3. The van der Waals surface area contributed by atoms with E-state index >= 15 is 0 Å². The first-order valence-electron chi connectivity index (χ1n) is 6.29. The minimum absolute atomic E-state index is 0.144. The predicted molar refractivity (Wildman–Crippen MR) is 80.6 cm³/mol. The van der Waals surface area contributed by atoms with Gasteiger partial charge in [-0.05, 0) is 19.1 Å². The molecule has 1 heterocycles. The van der Waals surface area contributed by atoms with Crippen molar-refractivity contribution in [1.82, 2.24) is 10.2 Å². The third-order valence-corrected chi connectivity index (χ3v) is 4.74. The minimum Gasteiger partial charge on any atom is -0.398 e. The maximum atomic E-state index is 12.3. The second-order valence-electron chi connectivity index (χ2n) is 4.49. The molecule has 1 aliphatic rings. The highest BCUT2D eigenvalue weighted by atomic mass is 35.5. The zero-order chi connectivity index (χ0) is 13.8. The van der Waals surface area contributed by atoms with Crippen molar-refractivity contribution in [2.24, 2.45) is 0 Å². The summed E-state index contributed by atoms with van der Waals surface area (Å²) in [7, 11) is 0. The van der Waals surface area contributed by atoms with Crippen LogP contribution in [0.25, 0.3) is 0 Å². The third kappa shape index (κ3) is 3.55. The predicted octanol–water partition coefficient (Wildman–Crippen LogP) is 1.83. The Kier molecular flexibility index (Phi) is 4.96.